The summed E-state index contributed by atoms with van der Waals surface area (Å²) in [5.74, 6) is -2.23. The van der Waals surface area contributed by atoms with Gasteiger partial charge in [-0.3, -0.25) is 20.2 Å². The number of hydrogen-bond acceptors (Lipinski definition) is 12. The molecule has 124 valence electrons. The van der Waals surface area contributed by atoms with Crippen molar-refractivity contribution in [3.05, 3.63) is 52.9 Å². The zero-order chi connectivity index (χ0) is 18.0. The van der Waals surface area contributed by atoms with Gasteiger partial charge in [-0.1, -0.05) is 0 Å². The van der Waals surface area contributed by atoms with Crippen LogP contribution in [0.4, 0.5) is 23.0 Å². The minimum atomic E-state index is -1.13. The molecule has 2 aromatic rings. The highest BCUT2D eigenvalue weighted by atomic mass is 16.6. The minimum absolute atomic E-state index is 0.329. The van der Waals surface area contributed by atoms with Crippen molar-refractivity contribution >= 4 is 23.0 Å². The average molecular weight is 342 g/mol. The fraction of sp³-hybridized carbons (Fsp3) is 0. The van der Waals surface area contributed by atoms with Crippen molar-refractivity contribution in [2.24, 2.45) is 10.4 Å². The third kappa shape index (κ3) is 2.95. The maximum Gasteiger partial charge on any atom is 0.470 e. The van der Waals surface area contributed by atoms with Crippen molar-refractivity contribution in [1.29, 1.82) is 0 Å². The molecule has 0 aliphatic heterocycles. The number of hydrogen-bond donors (Lipinski definition) is 0. The topological polar surface area (TPSA) is 233 Å². The SMILES string of the molecule is O=[N+]([O-])c1cn(N=Nn2cc([N+](=O)[O-])c([N+](=O)[O-])n2)nc1[N+](=O)[O-]. The van der Waals surface area contributed by atoms with E-state index in [9.17, 15) is 40.5 Å². The Morgan fingerprint density at radius 2 is 1.04 bits per heavy atom. The molecule has 0 aliphatic rings. The minimum Gasteiger partial charge on any atom is -0.358 e. The monoisotopic (exact) mass is 342 g/mol. The largest absolute Gasteiger partial charge is 0.470 e. The molecule has 0 amide bonds. The molecule has 0 fully saturated rings. The van der Waals surface area contributed by atoms with Crippen LogP contribution < -0.4 is 0 Å². The molecule has 2 rings (SSSR count). The molecule has 0 unspecified atom stereocenters. The molecule has 0 bridgehead atoms. The standard InChI is InChI=1S/C6H2N10O8/c17-13(18)3-1-11(7-5(3)15(21)22)9-10-12-2-4(14(19)20)6(8-12)16(23)24/h1-2H. The molecule has 18 nitrogen and oxygen atoms in total. The predicted octanol–water partition coefficient (Wildman–Crippen LogP) is 0.391. The zero-order valence-corrected chi connectivity index (χ0v) is 10.9. The number of aromatic nitrogens is 4. The lowest BCUT2D eigenvalue weighted by atomic mass is 10.5. The third-order valence-electron chi connectivity index (χ3n) is 2.29. The van der Waals surface area contributed by atoms with Crippen LogP contribution in [0.5, 0.6) is 0 Å². The molecule has 0 radical (unpaired) electrons. The van der Waals surface area contributed by atoms with Gasteiger partial charge >= 0.3 is 23.0 Å². The van der Waals surface area contributed by atoms with Gasteiger partial charge in [0.25, 0.3) is 0 Å². The molecule has 0 spiro atoms. The van der Waals surface area contributed by atoms with E-state index in [2.05, 4.69) is 20.6 Å². The van der Waals surface area contributed by atoms with Crippen molar-refractivity contribution in [2.75, 3.05) is 0 Å². The van der Waals surface area contributed by atoms with E-state index in [1.807, 2.05) is 0 Å². The number of nitro groups is 4. The fourth-order valence-electron chi connectivity index (χ4n) is 1.38. The Kier molecular flexibility index (Phi) is 3.85. The van der Waals surface area contributed by atoms with Crippen LogP contribution in [0.25, 0.3) is 0 Å². The first-order valence-electron chi connectivity index (χ1n) is 5.40. The van der Waals surface area contributed by atoms with Gasteiger partial charge in [0.15, 0.2) is 12.4 Å². The van der Waals surface area contributed by atoms with Crippen molar-refractivity contribution in [3.63, 3.8) is 0 Å². The summed E-state index contributed by atoms with van der Waals surface area (Å²) in [4.78, 5) is 38.7. The Labute approximate surface area is 127 Å². The van der Waals surface area contributed by atoms with Crippen molar-refractivity contribution < 1.29 is 19.7 Å². The third-order valence-corrected chi connectivity index (χ3v) is 2.29. The molecule has 0 atom stereocenters. The van der Waals surface area contributed by atoms with E-state index < -0.39 is 42.7 Å². The zero-order valence-electron chi connectivity index (χ0n) is 10.9. The highest BCUT2D eigenvalue weighted by molar-refractivity contribution is 5.44. The van der Waals surface area contributed by atoms with E-state index >= 15 is 0 Å². The molecular weight excluding hydrogens is 340 g/mol. The second-order valence-corrected chi connectivity index (χ2v) is 3.72. The van der Waals surface area contributed by atoms with Gasteiger partial charge in [-0.05, 0) is 29.9 Å². The van der Waals surface area contributed by atoms with Crippen LogP contribution in [0.15, 0.2) is 22.8 Å². The van der Waals surface area contributed by atoms with E-state index in [4.69, 9.17) is 0 Å². The summed E-state index contributed by atoms with van der Waals surface area (Å²) in [5.41, 5.74) is -1.95. The lowest BCUT2D eigenvalue weighted by Gasteiger charge is -1.85. The molecular formula is C6H2N10O8. The van der Waals surface area contributed by atoms with E-state index in [0.717, 1.165) is 0 Å². The van der Waals surface area contributed by atoms with Crippen LogP contribution in [0.2, 0.25) is 0 Å². The normalized spacial score (nSPS) is 10.8. The van der Waals surface area contributed by atoms with Gasteiger partial charge in [0.2, 0.25) is 0 Å². The van der Waals surface area contributed by atoms with Gasteiger partial charge in [0.05, 0.1) is 20.0 Å². The van der Waals surface area contributed by atoms with Crippen LogP contribution in [0.3, 0.4) is 0 Å². The van der Waals surface area contributed by atoms with Crippen LogP contribution in [-0.2, 0) is 0 Å². The first-order chi connectivity index (χ1) is 11.2. The Morgan fingerprint density at radius 1 is 0.708 bits per heavy atom. The smallest absolute Gasteiger partial charge is 0.358 e. The summed E-state index contributed by atoms with van der Waals surface area (Å²) < 4.78 is 0. The Balaban J connectivity index is 2.38. The maximum atomic E-state index is 10.6. The van der Waals surface area contributed by atoms with E-state index in [1.165, 1.54) is 0 Å². The molecule has 0 saturated carbocycles. The van der Waals surface area contributed by atoms with Gasteiger partial charge < -0.3 is 20.2 Å². The van der Waals surface area contributed by atoms with Gasteiger partial charge in [0.1, 0.15) is 0 Å². The van der Waals surface area contributed by atoms with Gasteiger partial charge in [-0.25, -0.2) is 0 Å². The summed E-state index contributed by atoms with van der Waals surface area (Å²) in [7, 11) is 0. The lowest BCUT2D eigenvalue weighted by molar-refractivity contribution is -0.424. The number of rotatable bonds is 6. The predicted molar refractivity (Wildman–Crippen MR) is 66.7 cm³/mol. The molecule has 0 saturated heterocycles. The quantitative estimate of drug-likeness (QED) is 0.397. The molecule has 0 N–H and O–H groups in total. The molecule has 24 heavy (non-hydrogen) atoms. The maximum absolute atomic E-state index is 10.6. The van der Waals surface area contributed by atoms with Crippen LogP contribution in [0, 0.1) is 40.5 Å². The van der Waals surface area contributed by atoms with Crippen LogP contribution in [0.1, 0.15) is 0 Å². The van der Waals surface area contributed by atoms with E-state index in [1.54, 1.807) is 0 Å². The van der Waals surface area contributed by atoms with Gasteiger partial charge in [-0.15, -0.1) is 0 Å². The molecule has 2 heterocycles. The fourth-order valence-corrected chi connectivity index (χ4v) is 1.38. The Morgan fingerprint density at radius 3 is 1.25 bits per heavy atom. The van der Waals surface area contributed by atoms with Gasteiger partial charge in [-0.2, -0.15) is 0 Å². The van der Waals surface area contributed by atoms with Gasteiger partial charge in [0, 0.05) is 0 Å². The molecule has 18 heteroatoms. The Bertz CT molecular complexity index is 758. The summed E-state index contributed by atoms with van der Waals surface area (Å²) >= 11 is 0. The van der Waals surface area contributed by atoms with Crippen LogP contribution >= 0.6 is 0 Å². The first kappa shape index (κ1) is 16.0. The molecule has 0 aliphatic carbocycles. The average Bonchev–Trinajstić information content (AvgIpc) is 3.09. The first-order valence-corrected chi connectivity index (χ1v) is 5.40. The van der Waals surface area contributed by atoms with Crippen molar-refractivity contribution in [1.82, 2.24) is 19.8 Å². The van der Waals surface area contributed by atoms with Crippen molar-refractivity contribution in [3.8, 4) is 0 Å². The van der Waals surface area contributed by atoms with E-state index in [0.29, 0.717) is 22.0 Å². The second kappa shape index (κ2) is 5.78. The van der Waals surface area contributed by atoms with Crippen molar-refractivity contribution in [2.45, 2.75) is 0 Å². The molecule has 2 aromatic heterocycles. The highest BCUT2D eigenvalue weighted by Gasteiger charge is 2.32. The Hall–Kier alpha value is -4.38. The second-order valence-electron chi connectivity index (χ2n) is 3.72. The molecule has 0 aromatic carbocycles. The van der Waals surface area contributed by atoms with E-state index in [-0.39, 0.29) is 0 Å². The number of nitrogens with zero attached hydrogens (tertiary/aromatic N) is 10. The highest BCUT2D eigenvalue weighted by Crippen LogP contribution is 2.25. The lowest BCUT2D eigenvalue weighted by Crippen LogP contribution is -1.96. The summed E-state index contributed by atoms with van der Waals surface area (Å²) in [5, 5.41) is 55.1. The summed E-state index contributed by atoms with van der Waals surface area (Å²) in [6.07, 6.45) is 1.10. The summed E-state index contributed by atoms with van der Waals surface area (Å²) in [6, 6.07) is 0. The summed E-state index contributed by atoms with van der Waals surface area (Å²) in [6.45, 7) is 0. The van der Waals surface area contributed by atoms with Crippen LogP contribution in [-0.4, -0.2) is 39.5 Å².